The van der Waals surface area contributed by atoms with Crippen LogP contribution in [0.5, 0.6) is 5.75 Å². The largest absolute Gasteiger partial charge is 0.493 e. The van der Waals surface area contributed by atoms with Crippen LogP contribution < -0.4 is 10.3 Å². The molecular weight excluding hydrogens is 446 g/mol. The number of benzene rings is 3. The van der Waals surface area contributed by atoms with Crippen LogP contribution in [0.2, 0.25) is 0 Å². The molecule has 34 heavy (non-hydrogen) atoms. The summed E-state index contributed by atoms with van der Waals surface area (Å²) < 4.78 is 9.37. The number of nitriles is 1. The third-order valence-electron chi connectivity index (χ3n) is 5.55. The van der Waals surface area contributed by atoms with Crippen LogP contribution in [0, 0.1) is 25.2 Å². The number of nitrogens with zero attached hydrogens (tertiary/aromatic N) is 5. The standard InChI is InChI=1S/C26H21N5O2S/c1-17-7-12-22(18(2)15-17)30-24(32)21-5-3-4-6-23(21)31-25(30)28-29-26(31)34-14-13-33-20-10-8-19(16-27)9-11-20/h3-12,15H,13-14H2,1-2H3. The van der Waals surface area contributed by atoms with Crippen molar-refractivity contribution >= 4 is 28.4 Å². The smallest absolute Gasteiger partial charge is 0.267 e. The summed E-state index contributed by atoms with van der Waals surface area (Å²) in [5, 5.41) is 19.0. The van der Waals surface area contributed by atoms with Gasteiger partial charge in [0, 0.05) is 5.75 Å². The van der Waals surface area contributed by atoms with Crippen LogP contribution in [0.4, 0.5) is 0 Å². The van der Waals surface area contributed by atoms with Crippen molar-refractivity contribution in [2.75, 3.05) is 12.4 Å². The van der Waals surface area contributed by atoms with Crippen molar-refractivity contribution in [1.29, 1.82) is 5.26 Å². The number of para-hydroxylation sites is 1. The molecule has 8 heteroatoms. The summed E-state index contributed by atoms with van der Waals surface area (Å²) in [6.07, 6.45) is 0. The number of hydrogen-bond donors (Lipinski definition) is 0. The average Bonchev–Trinajstić information content (AvgIpc) is 3.27. The van der Waals surface area contributed by atoms with Crippen LogP contribution in [-0.2, 0) is 0 Å². The van der Waals surface area contributed by atoms with Gasteiger partial charge in [0.25, 0.3) is 5.56 Å². The summed E-state index contributed by atoms with van der Waals surface area (Å²) >= 11 is 1.51. The lowest BCUT2D eigenvalue weighted by Crippen LogP contribution is -2.22. The zero-order chi connectivity index (χ0) is 23.7. The zero-order valence-corrected chi connectivity index (χ0v) is 19.5. The number of rotatable bonds is 6. The summed E-state index contributed by atoms with van der Waals surface area (Å²) in [7, 11) is 0. The Hall–Kier alpha value is -4.09. The monoisotopic (exact) mass is 467 g/mol. The van der Waals surface area contributed by atoms with E-state index in [0.29, 0.717) is 40.0 Å². The molecule has 0 saturated heterocycles. The molecule has 0 saturated carbocycles. The molecule has 0 spiro atoms. The van der Waals surface area contributed by atoms with Crippen molar-refractivity contribution in [2.45, 2.75) is 19.0 Å². The lowest BCUT2D eigenvalue weighted by atomic mass is 10.1. The molecule has 0 unspecified atom stereocenters. The molecule has 5 aromatic rings. The normalized spacial score (nSPS) is 11.1. The van der Waals surface area contributed by atoms with Crippen LogP contribution in [0.3, 0.4) is 0 Å². The molecule has 0 atom stereocenters. The van der Waals surface area contributed by atoms with E-state index in [2.05, 4.69) is 22.3 Å². The van der Waals surface area contributed by atoms with Crippen molar-refractivity contribution in [3.8, 4) is 17.5 Å². The highest BCUT2D eigenvalue weighted by Crippen LogP contribution is 2.24. The summed E-state index contributed by atoms with van der Waals surface area (Å²) in [5.74, 6) is 1.82. The third-order valence-corrected chi connectivity index (χ3v) is 6.45. The van der Waals surface area contributed by atoms with Gasteiger partial charge in [0.2, 0.25) is 5.78 Å². The Balaban J connectivity index is 1.51. The highest BCUT2D eigenvalue weighted by atomic mass is 32.2. The highest BCUT2D eigenvalue weighted by molar-refractivity contribution is 7.99. The minimum Gasteiger partial charge on any atom is -0.493 e. The van der Waals surface area contributed by atoms with Gasteiger partial charge in [-0.3, -0.25) is 9.20 Å². The minimum absolute atomic E-state index is 0.122. The second-order valence-corrected chi connectivity index (χ2v) is 8.96. The molecule has 5 rings (SSSR count). The topological polar surface area (TPSA) is 85.2 Å². The quantitative estimate of drug-likeness (QED) is 0.266. The van der Waals surface area contributed by atoms with Gasteiger partial charge >= 0.3 is 0 Å². The molecule has 0 aliphatic carbocycles. The van der Waals surface area contributed by atoms with Crippen molar-refractivity contribution in [1.82, 2.24) is 19.2 Å². The number of thioether (sulfide) groups is 1. The van der Waals surface area contributed by atoms with E-state index >= 15 is 0 Å². The fraction of sp³-hybridized carbons (Fsp3) is 0.154. The summed E-state index contributed by atoms with van der Waals surface area (Å²) in [5.41, 5.74) is 4.16. The van der Waals surface area contributed by atoms with E-state index in [1.807, 2.05) is 54.6 Å². The molecule has 0 radical (unpaired) electrons. The third kappa shape index (κ3) is 3.91. The fourth-order valence-electron chi connectivity index (χ4n) is 3.96. The van der Waals surface area contributed by atoms with Gasteiger partial charge in [0.15, 0.2) is 5.16 Å². The molecule has 0 aliphatic rings. The number of aromatic nitrogens is 4. The van der Waals surface area contributed by atoms with E-state index in [1.165, 1.54) is 11.8 Å². The summed E-state index contributed by atoms with van der Waals surface area (Å²) in [6.45, 7) is 4.48. The molecule has 0 N–H and O–H groups in total. The summed E-state index contributed by atoms with van der Waals surface area (Å²) in [4.78, 5) is 13.5. The molecular formula is C26H21N5O2S. The lowest BCUT2D eigenvalue weighted by molar-refractivity contribution is 0.344. The maximum absolute atomic E-state index is 13.5. The van der Waals surface area contributed by atoms with Crippen molar-refractivity contribution < 1.29 is 4.74 Å². The van der Waals surface area contributed by atoms with Gasteiger partial charge in [-0.1, -0.05) is 41.6 Å². The number of hydrogen-bond acceptors (Lipinski definition) is 6. The van der Waals surface area contributed by atoms with E-state index in [9.17, 15) is 4.79 Å². The predicted molar refractivity (Wildman–Crippen MR) is 133 cm³/mol. The highest BCUT2D eigenvalue weighted by Gasteiger charge is 2.18. The first-order valence-electron chi connectivity index (χ1n) is 10.8. The first-order valence-corrected chi connectivity index (χ1v) is 11.8. The van der Waals surface area contributed by atoms with Crippen LogP contribution in [0.25, 0.3) is 22.4 Å². The van der Waals surface area contributed by atoms with Crippen molar-refractivity contribution in [2.24, 2.45) is 0 Å². The van der Waals surface area contributed by atoms with Crippen LogP contribution >= 0.6 is 11.8 Å². The number of fused-ring (bicyclic) bond motifs is 3. The Morgan fingerprint density at radius 3 is 2.59 bits per heavy atom. The molecule has 0 amide bonds. The Kier molecular flexibility index (Phi) is 5.78. The van der Waals surface area contributed by atoms with Gasteiger partial charge in [-0.2, -0.15) is 5.26 Å². The maximum Gasteiger partial charge on any atom is 0.267 e. The Morgan fingerprint density at radius 1 is 1.03 bits per heavy atom. The van der Waals surface area contributed by atoms with Gasteiger partial charge in [-0.25, -0.2) is 4.57 Å². The zero-order valence-electron chi connectivity index (χ0n) is 18.7. The fourth-order valence-corrected chi connectivity index (χ4v) is 4.72. The van der Waals surface area contributed by atoms with E-state index in [1.54, 1.807) is 28.8 Å². The Morgan fingerprint density at radius 2 is 1.82 bits per heavy atom. The van der Waals surface area contributed by atoms with Crippen molar-refractivity contribution in [3.63, 3.8) is 0 Å². The molecule has 0 bridgehead atoms. The van der Waals surface area contributed by atoms with E-state index in [4.69, 9.17) is 10.00 Å². The SMILES string of the molecule is Cc1ccc(-n2c(=O)c3ccccc3n3c(SCCOc4ccc(C#N)cc4)nnc23)c(C)c1. The van der Waals surface area contributed by atoms with Gasteiger partial charge in [-0.05, 0) is 61.9 Å². The van der Waals surface area contributed by atoms with E-state index in [-0.39, 0.29) is 5.56 Å². The van der Waals surface area contributed by atoms with Gasteiger partial charge in [0.1, 0.15) is 5.75 Å². The summed E-state index contributed by atoms with van der Waals surface area (Å²) in [6, 6.07) is 22.6. The average molecular weight is 468 g/mol. The van der Waals surface area contributed by atoms with Gasteiger partial charge in [0.05, 0.1) is 34.8 Å². The van der Waals surface area contributed by atoms with E-state index < -0.39 is 0 Å². The molecule has 2 heterocycles. The minimum atomic E-state index is -0.122. The van der Waals surface area contributed by atoms with Crippen LogP contribution in [0.1, 0.15) is 16.7 Å². The second kappa shape index (κ2) is 9.04. The maximum atomic E-state index is 13.5. The molecule has 168 valence electrons. The first-order chi connectivity index (χ1) is 16.6. The number of aryl methyl sites for hydroxylation is 2. The second-order valence-electron chi connectivity index (χ2n) is 7.90. The lowest BCUT2D eigenvalue weighted by Gasteiger charge is -2.13. The molecule has 0 aliphatic heterocycles. The van der Waals surface area contributed by atoms with Crippen LogP contribution in [-0.4, -0.2) is 31.5 Å². The molecule has 2 aromatic heterocycles. The number of ether oxygens (including phenoxy) is 1. The molecule has 7 nitrogen and oxygen atoms in total. The van der Waals surface area contributed by atoms with Crippen molar-refractivity contribution in [3.05, 3.63) is 93.8 Å². The predicted octanol–water partition coefficient (Wildman–Crippen LogP) is 4.69. The van der Waals surface area contributed by atoms with Gasteiger partial charge in [-0.15, -0.1) is 10.2 Å². The van der Waals surface area contributed by atoms with E-state index in [0.717, 1.165) is 22.3 Å². The first kappa shape index (κ1) is 21.7. The Labute approximate surface area is 200 Å². The Bertz CT molecular complexity index is 1610. The van der Waals surface area contributed by atoms with Gasteiger partial charge < -0.3 is 4.74 Å². The molecule has 0 fully saturated rings. The van der Waals surface area contributed by atoms with Crippen LogP contribution in [0.15, 0.2) is 76.7 Å². The molecule has 3 aromatic carbocycles.